The van der Waals surface area contributed by atoms with Crippen molar-refractivity contribution in [1.82, 2.24) is 10.6 Å². The third-order valence-electron chi connectivity index (χ3n) is 1.75. The van der Waals surface area contributed by atoms with Crippen molar-refractivity contribution >= 4 is 12.0 Å². The van der Waals surface area contributed by atoms with Crippen LogP contribution in [0.5, 0.6) is 0 Å². The molecule has 13 heavy (non-hydrogen) atoms. The minimum Gasteiger partial charge on any atom is -0.442 e. The van der Waals surface area contributed by atoms with E-state index in [0.29, 0.717) is 19.5 Å². The van der Waals surface area contributed by atoms with Gasteiger partial charge in [0.15, 0.2) is 0 Å². The van der Waals surface area contributed by atoms with E-state index < -0.39 is 6.09 Å². The molecule has 2 N–H and O–H groups in total. The second-order valence-electron chi connectivity index (χ2n) is 2.96. The molecule has 1 rings (SSSR count). The van der Waals surface area contributed by atoms with E-state index in [-0.39, 0.29) is 12.0 Å². The molecule has 0 radical (unpaired) electrons. The maximum atomic E-state index is 11.0. The summed E-state index contributed by atoms with van der Waals surface area (Å²) in [5.74, 6) is 0.00505. The number of rotatable bonds is 4. The maximum Gasteiger partial charge on any atom is 0.407 e. The Balaban J connectivity index is 2.12. The molecule has 5 nitrogen and oxygen atoms in total. The Morgan fingerprint density at radius 1 is 1.77 bits per heavy atom. The molecule has 5 heteroatoms. The number of carbonyl (C=O) groups excluding carboxylic acids is 2. The minimum atomic E-state index is -0.408. The number of carbonyl (C=O) groups is 2. The number of hydrogen-bond donors (Lipinski definition) is 2. The summed E-state index contributed by atoms with van der Waals surface area (Å²) in [6.07, 6.45) is 0.728. The molecule has 1 unspecified atom stereocenters. The largest absolute Gasteiger partial charge is 0.442 e. The van der Waals surface area contributed by atoms with E-state index in [9.17, 15) is 9.59 Å². The van der Waals surface area contributed by atoms with Crippen LogP contribution in [0.2, 0.25) is 0 Å². The van der Waals surface area contributed by atoms with Crippen LogP contribution in [0, 0.1) is 0 Å². The van der Waals surface area contributed by atoms with Gasteiger partial charge in [0.1, 0.15) is 6.10 Å². The van der Waals surface area contributed by atoms with Crippen molar-refractivity contribution in [3.05, 3.63) is 0 Å². The van der Waals surface area contributed by atoms with Gasteiger partial charge in [-0.05, 0) is 6.42 Å². The lowest BCUT2D eigenvalue weighted by atomic mass is 10.3. The highest BCUT2D eigenvalue weighted by molar-refractivity contribution is 5.76. The van der Waals surface area contributed by atoms with Crippen LogP contribution in [0.25, 0.3) is 0 Å². The summed E-state index contributed by atoms with van der Waals surface area (Å²) in [6, 6.07) is 0. The van der Waals surface area contributed by atoms with E-state index in [2.05, 4.69) is 10.6 Å². The Morgan fingerprint density at radius 2 is 2.54 bits per heavy atom. The van der Waals surface area contributed by atoms with Crippen molar-refractivity contribution in [2.75, 3.05) is 13.1 Å². The first-order valence-electron chi connectivity index (χ1n) is 4.43. The van der Waals surface area contributed by atoms with Crippen molar-refractivity contribution in [3.63, 3.8) is 0 Å². The van der Waals surface area contributed by atoms with E-state index in [1.165, 1.54) is 0 Å². The summed E-state index contributed by atoms with van der Waals surface area (Å²) < 4.78 is 4.83. The van der Waals surface area contributed by atoms with Crippen LogP contribution in [-0.4, -0.2) is 31.2 Å². The first kappa shape index (κ1) is 9.83. The standard InChI is InChI=1S/C8H14N2O3/c1-2-3-7(11)9-4-6-5-10-8(12)13-6/h6H,2-5H2,1H3,(H,9,11)(H,10,12). The smallest absolute Gasteiger partial charge is 0.407 e. The lowest BCUT2D eigenvalue weighted by Crippen LogP contribution is -2.33. The number of cyclic esters (lactones) is 1. The zero-order valence-corrected chi connectivity index (χ0v) is 7.63. The fourth-order valence-electron chi connectivity index (χ4n) is 1.09. The summed E-state index contributed by atoms with van der Waals surface area (Å²) in [6.45, 7) is 2.82. The molecule has 0 aliphatic carbocycles. The minimum absolute atomic E-state index is 0.00505. The first-order valence-corrected chi connectivity index (χ1v) is 4.43. The Bertz CT molecular complexity index is 206. The van der Waals surface area contributed by atoms with Crippen LogP contribution in [0.1, 0.15) is 19.8 Å². The second kappa shape index (κ2) is 4.69. The van der Waals surface area contributed by atoms with Gasteiger partial charge >= 0.3 is 6.09 Å². The van der Waals surface area contributed by atoms with E-state index in [1.807, 2.05) is 6.92 Å². The lowest BCUT2D eigenvalue weighted by Gasteiger charge is -2.08. The maximum absolute atomic E-state index is 11.0. The molecule has 1 aliphatic heterocycles. The first-order chi connectivity index (χ1) is 6.22. The predicted octanol–water partition coefficient (Wildman–Crippen LogP) is 0.0111. The third-order valence-corrected chi connectivity index (χ3v) is 1.75. The monoisotopic (exact) mass is 186 g/mol. The van der Waals surface area contributed by atoms with Crippen molar-refractivity contribution in [3.8, 4) is 0 Å². The average Bonchev–Trinajstić information content (AvgIpc) is 2.49. The van der Waals surface area contributed by atoms with Crippen LogP contribution in [0.3, 0.4) is 0 Å². The highest BCUT2D eigenvalue weighted by atomic mass is 16.6. The van der Waals surface area contributed by atoms with Crippen molar-refractivity contribution in [1.29, 1.82) is 0 Å². The summed E-state index contributed by atoms with van der Waals surface area (Å²) in [5, 5.41) is 5.20. The predicted molar refractivity (Wildman–Crippen MR) is 46.2 cm³/mol. The molecule has 0 aromatic heterocycles. The Morgan fingerprint density at radius 3 is 3.08 bits per heavy atom. The number of amides is 2. The van der Waals surface area contributed by atoms with Crippen molar-refractivity contribution in [2.24, 2.45) is 0 Å². The van der Waals surface area contributed by atoms with Gasteiger partial charge in [0.2, 0.25) is 5.91 Å². The van der Waals surface area contributed by atoms with Crippen molar-refractivity contribution < 1.29 is 14.3 Å². The number of alkyl carbamates (subject to hydrolysis) is 1. The van der Waals surface area contributed by atoms with Gasteiger partial charge in [-0.1, -0.05) is 6.92 Å². The molecule has 0 aromatic carbocycles. The molecule has 0 spiro atoms. The quantitative estimate of drug-likeness (QED) is 0.650. The Kier molecular flexibility index (Phi) is 3.54. The molecular formula is C8H14N2O3. The molecule has 1 fully saturated rings. The zero-order chi connectivity index (χ0) is 9.68. The summed E-state index contributed by atoms with van der Waals surface area (Å²) >= 11 is 0. The Labute approximate surface area is 76.8 Å². The summed E-state index contributed by atoms with van der Waals surface area (Å²) in [7, 11) is 0. The van der Waals surface area contributed by atoms with Gasteiger partial charge in [-0.15, -0.1) is 0 Å². The van der Waals surface area contributed by atoms with Gasteiger partial charge in [-0.25, -0.2) is 4.79 Å². The van der Waals surface area contributed by atoms with Gasteiger partial charge < -0.3 is 15.4 Å². The molecule has 74 valence electrons. The highest BCUT2D eigenvalue weighted by Crippen LogP contribution is 1.98. The molecule has 1 aliphatic rings. The topological polar surface area (TPSA) is 67.4 Å². The molecular weight excluding hydrogens is 172 g/mol. The van der Waals surface area contributed by atoms with E-state index >= 15 is 0 Å². The second-order valence-corrected chi connectivity index (χ2v) is 2.96. The van der Waals surface area contributed by atoms with Crippen LogP contribution >= 0.6 is 0 Å². The van der Waals surface area contributed by atoms with Crippen molar-refractivity contribution in [2.45, 2.75) is 25.9 Å². The van der Waals surface area contributed by atoms with E-state index in [1.54, 1.807) is 0 Å². The van der Waals surface area contributed by atoms with Crippen LogP contribution in [0.4, 0.5) is 4.79 Å². The number of nitrogens with one attached hydrogen (secondary N) is 2. The lowest BCUT2D eigenvalue weighted by molar-refractivity contribution is -0.121. The number of ether oxygens (including phenoxy) is 1. The van der Waals surface area contributed by atoms with Gasteiger partial charge in [-0.2, -0.15) is 0 Å². The van der Waals surface area contributed by atoms with Crippen LogP contribution in [-0.2, 0) is 9.53 Å². The van der Waals surface area contributed by atoms with E-state index in [0.717, 1.165) is 6.42 Å². The van der Waals surface area contributed by atoms with Crippen LogP contribution in [0.15, 0.2) is 0 Å². The van der Waals surface area contributed by atoms with Gasteiger partial charge in [-0.3, -0.25) is 4.79 Å². The molecule has 0 saturated carbocycles. The molecule has 0 aromatic rings. The van der Waals surface area contributed by atoms with E-state index in [4.69, 9.17) is 4.74 Å². The molecule has 1 heterocycles. The zero-order valence-electron chi connectivity index (χ0n) is 7.63. The SMILES string of the molecule is CCCC(=O)NCC1CNC(=O)O1. The fraction of sp³-hybridized carbons (Fsp3) is 0.750. The summed E-state index contributed by atoms with van der Waals surface area (Å²) in [4.78, 5) is 21.6. The molecule has 2 amide bonds. The fourth-order valence-corrected chi connectivity index (χ4v) is 1.09. The number of hydrogen-bond acceptors (Lipinski definition) is 3. The van der Waals surface area contributed by atoms with Crippen LogP contribution < -0.4 is 10.6 Å². The normalized spacial score (nSPS) is 20.7. The Hall–Kier alpha value is -1.26. The molecule has 0 bridgehead atoms. The molecule has 1 saturated heterocycles. The van der Waals surface area contributed by atoms with Gasteiger partial charge in [0.05, 0.1) is 13.1 Å². The summed E-state index contributed by atoms with van der Waals surface area (Å²) in [5.41, 5.74) is 0. The highest BCUT2D eigenvalue weighted by Gasteiger charge is 2.22. The van der Waals surface area contributed by atoms with Gasteiger partial charge in [0, 0.05) is 6.42 Å². The molecule has 1 atom stereocenters. The average molecular weight is 186 g/mol. The third kappa shape index (κ3) is 3.31. The van der Waals surface area contributed by atoms with Gasteiger partial charge in [0.25, 0.3) is 0 Å².